The van der Waals surface area contributed by atoms with E-state index in [2.05, 4.69) is 48.7 Å². The minimum absolute atomic E-state index is 0.130. The van der Waals surface area contributed by atoms with Crippen LogP contribution in [0, 0.1) is 13.8 Å². The summed E-state index contributed by atoms with van der Waals surface area (Å²) in [6.07, 6.45) is 3.08. The average molecular weight is 652 g/mol. The molecule has 2 unspecified atom stereocenters. The first-order valence-corrected chi connectivity index (χ1v) is 16.5. The molecule has 5 heterocycles. The van der Waals surface area contributed by atoms with Crippen molar-refractivity contribution in [3.63, 3.8) is 0 Å². The van der Waals surface area contributed by atoms with Crippen molar-refractivity contribution in [3.8, 4) is 0 Å². The normalized spacial score (nSPS) is 15.8. The molecule has 0 radical (unpaired) electrons. The number of hydrogen-bond donors (Lipinski definition) is 3. The molecule has 48 heavy (non-hydrogen) atoms. The topological polar surface area (TPSA) is 139 Å². The molecule has 10 nitrogen and oxygen atoms in total. The SMILES string of the molecule is C=CC1=C(C)c2cc3nc(c(CC(=O)OC)c4[nH]c(cc5[nH]c(cc1n2)c(C)c5CC)c(C)c4C(=O)NCC)C(CCC(=O)OC)C3C. The van der Waals surface area contributed by atoms with Gasteiger partial charge in [-0.05, 0) is 81.0 Å². The predicted octanol–water partition coefficient (Wildman–Crippen LogP) is 6.92. The maximum absolute atomic E-state index is 13.8. The largest absolute Gasteiger partial charge is 0.469 e. The fourth-order valence-corrected chi connectivity index (χ4v) is 6.96. The Morgan fingerprint density at radius 1 is 0.917 bits per heavy atom. The number of allylic oxidation sites excluding steroid dienone is 3. The van der Waals surface area contributed by atoms with Gasteiger partial charge in [-0.15, -0.1) is 0 Å². The second-order valence-corrected chi connectivity index (χ2v) is 12.4. The number of nitrogens with zero attached hydrogens (tertiary/aromatic N) is 2. The molecule has 3 aromatic rings. The Morgan fingerprint density at radius 3 is 2.27 bits per heavy atom. The van der Waals surface area contributed by atoms with Crippen molar-refractivity contribution < 1.29 is 23.9 Å². The van der Waals surface area contributed by atoms with Crippen molar-refractivity contribution in [1.29, 1.82) is 0 Å². The van der Waals surface area contributed by atoms with Gasteiger partial charge in [-0.2, -0.15) is 0 Å². The third-order valence-electron chi connectivity index (χ3n) is 9.74. The van der Waals surface area contributed by atoms with Gasteiger partial charge in [-0.25, -0.2) is 4.98 Å². The highest BCUT2D eigenvalue weighted by Gasteiger charge is 2.34. The summed E-state index contributed by atoms with van der Waals surface area (Å²) in [5.41, 5.74) is 11.9. The number of amides is 1. The fraction of sp³-hybridized carbons (Fsp3) is 0.395. The fourth-order valence-electron chi connectivity index (χ4n) is 6.96. The van der Waals surface area contributed by atoms with Gasteiger partial charge >= 0.3 is 11.9 Å². The summed E-state index contributed by atoms with van der Waals surface area (Å²) in [7, 11) is 2.71. The van der Waals surface area contributed by atoms with E-state index in [0.717, 1.165) is 67.9 Å². The Bertz CT molecular complexity index is 2010. The quantitative estimate of drug-likeness (QED) is 0.214. The summed E-state index contributed by atoms with van der Waals surface area (Å²) < 4.78 is 10.2. The first-order valence-electron chi connectivity index (χ1n) is 16.5. The van der Waals surface area contributed by atoms with Gasteiger partial charge < -0.3 is 24.8 Å². The number of aromatic amines is 2. The molecule has 0 fully saturated rings. The zero-order chi connectivity index (χ0) is 34.9. The molecule has 8 bridgehead atoms. The average Bonchev–Trinajstić information content (AvgIpc) is 3.75. The molecule has 0 saturated carbocycles. The molecule has 0 saturated heterocycles. The van der Waals surface area contributed by atoms with Gasteiger partial charge in [0.2, 0.25) is 0 Å². The van der Waals surface area contributed by atoms with Crippen molar-refractivity contribution in [2.45, 2.75) is 79.1 Å². The van der Waals surface area contributed by atoms with Crippen LogP contribution in [0.25, 0.3) is 33.2 Å². The monoisotopic (exact) mass is 651 g/mol. The van der Waals surface area contributed by atoms with Crippen LogP contribution in [0.5, 0.6) is 0 Å². The van der Waals surface area contributed by atoms with Crippen LogP contribution in [0.1, 0.15) is 108 Å². The van der Waals surface area contributed by atoms with Crippen molar-refractivity contribution in [3.05, 3.63) is 81.4 Å². The van der Waals surface area contributed by atoms with E-state index in [1.807, 2.05) is 39.0 Å². The molecule has 2 atom stereocenters. The maximum Gasteiger partial charge on any atom is 0.310 e. The third kappa shape index (κ3) is 6.19. The number of hydrogen-bond acceptors (Lipinski definition) is 7. The van der Waals surface area contributed by atoms with Gasteiger partial charge in [0.1, 0.15) is 0 Å². The van der Waals surface area contributed by atoms with Gasteiger partial charge in [0.15, 0.2) is 0 Å². The smallest absolute Gasteiger partial charge is 0.310 e. The van der Waals surface area contributed by atoms with Crippen molar-refractivity contribution in [2.24, 2.45) is 0 Å². The molecular weight excluding hydrogens is 606 g/mol. The van der Waals surface area contributed by atoms with Crippen LogP contribution in [-0.2, 0) is 31.9 Å². The number of fused-ring (bicyclic) bond motifs is 8. The number of H-pyrrole nitrogens is 2. The molecule has 3 N–H and O–H groups in total. The molecule has 5 rings (SSSR count). The zero-order valence-corrected chi connectivity index (χ0v) is 29.1. The van der Waals surface area contributed by atoms with E-state index >= 15 is 0 Å². The predicted molar refractivity (Wildman–Crippen MR) is 189 cm³/mol. The van der Waals surface area contributed by atoms with Crippen LogP contribution >= 0.6 is 0 Å². The minimum atomic E-state index is -0.471. The first kappa shape index (κ1) is 34.3. The second-order valence-electron chi connectivity index (χ2n) is 12.4. The summed E-state index contributed by atoms with van der Waals surface area (Å²) >= 11 is 0. The summed E-state index contributed by atoms with van der Waals surface area (Å²) in [6, 6.07) is 6.07. The number of aromatic nitrogens is 4. The van der Waals surface area contributed by atoms with Gasteiger partial charge in [-0.1, -0.05) is 26.5 Å². The minimum Gasteiger partial charge on any atom is -0.469 e. The lowest BCUT2D eigenvalue weighted by Crippen LogP contribution is -2.23. The summed E-state index contributed by atoms with van der Waals surface area (Å²) in [5, 5.41) is 2.96. The van der Waals surface area contributed by atoms with Gasteiger partial charge in [0, 0.05) is 58.2 Å². The molecule has 1 amide bonds. The molecule has 252 valence electrons. The Kier molecular flexibility index (Phi) is 10.0. The maximum atomic E-state index is 13.8. The second kappa shape index (κ2) is 14.0. The Hall–Kier alpha value is -4.99. The van der Waals surface area contributed by atoms with Crippen LogP contribution in [0.2, 0.25) is 0 Å². The lowest BCUT2D eigenvalue weighted by Gasteiger charge is -2.18. The van der Waals surface area contributed by atoms with Crippen molar-refractivity contribution in [2.75, 3.05) is 20.8 Å². The van der Waals surface area contributed by atoms with Crippen LogP contribution in [0.15, 0.2) is 30.9 Å². The number of ether oxygens (including phenoxy) is 2. The van der Waals surface area contributed by atoms with Crippen LogP contribution in [0.3, 0.4) is 0 Å². The summed E-state index contributed by atoms with van der Waals surface area (Å²) in [4.78, 5) is 56.6. The van der Waals surface area contributed by atoms with E-state index in [1.54, 1.807) is 0 Å². The van der Waals surface area contributed by atoms with Crippen LogP contribution in [-0.4, -0.2) is 58.5 Å². The Labute approximate surface area is 281 Å². The molecule has 3 aromatic heterocycles. The number of esters is 2. The standard InChI is InChI=1S/C38H45N5O5/c1-10-23-19(4)27-16-29-21(6)25(13-14-33(44)47-8)36(42-29)26(15-34(45)48-9)37-35(38(46)39-12-3)22(7)30(43-37)18-32-24(11-2)20(5)28(41-32)17-31(23)40-27/h10,16-18,21,25,41,43H,1,11-15H2,2-9H3,(H,39,46). The number of nitrogens with one attached hydrogen (secondary N) is 3. The lowest BCUT2D eigenvalue weighted by molar-refractivity contribution is -0.141. The molecule has 2 aliphatic rings. The summed E-state index contributed by atoms with van der Waals surface area (Å²) in [6.45, 7) is 16.6. The lowest BCUT2D eigenvalue weighted by atomic mass is 9.85. The van der Waals surface area contributed by atoms with E-state index in [4.69, 9.17) is 19.4 Å². The number of rotatable bonds is 9. The van der Waals surface area contributed by atoms with Gasteiger partial charge in [-0.3, -0.25) is 19.4 Å². The molecule has 10 heteroatoms. The summed E-state index contributed by atoms with van der Waals surface area (Å²) in [5.74, 6) is -1.47. The molecule has 0 aromatic carbocycles. The van der Waals surface area contributed by atoms with E-state index in [-0.39, 0.29) is 36.6 Å². The number of aryl methyl sites for hydroxylation is 3. The highest BCUT2D eigenvalue weighted by Crippen LogP contribution is 2.43. The van der Waals surface area contributed by atoms with E-state index in [1.165, 1.54) is 14.2 Å². The number of methoxy groups -OCH3 is 2. The highest BCUT2D eigenvalue weighted by atomic mass is 16.5. The van der Waals surface area contributed by atoms with E-state index < -0.39 is 5.97 Å². The molecule has 0 spiro atoms. The Balaban J connectivity index is 2.03. The van der Waals surface area contributed by atoms with Gasteiger partial charge in [0.25, 0.3) is 5.91 Å². The van der Waals surface area contributed by atoms with Crippen molar-refractivity contribution >= 4 is 51.1 Å². The van der Waals surface area contributed by atoms with Crippen LogP contribution < -0.4 is 5.32 Å². The zero-order valence-electron chi connectivity index (χ0n) is 29.1. The third-order valence-corrected chi connectivity index (χ3v) is 9.74. The number of carbonyl (C=O) groups excluding carboxylic acids is 3. The number of carbonyl (C=O) groups is 3. The van der Waals surface area contributed by atoms with E-state index in [9.17, 15) is 14.4 Å². The Morgan fingerprint density at radius 2 is 1.62 bits per heavy atom. The molecular formula is C38H45N5O5. The van der Waals surface area contributed by atoms with Gasteiger partial charge in [0.05, 0.1) is 48.8 Å². The first-order chi connectivity index (χ1) is 23.0. The molecule has 0 aliphatic carbocycles. The highest BCUT2D eigenvalue weighted by molar-refractivity contribution is 6.06. The van der Waals surface area contributed by atoms with Crippen molar-refractivity contribution in [1.82, 2.24) is 25.3 Å². The molecule has 2 aliphatic heterocycles. The van der Waals surface area contributed by atoms with E-state index in [0.29, 0.717) is 35.3 Å². The van der Waals surface area contributed by atoms with Crippen LogP contribution in [0.4, 0.5) is 0 Å².